The maximum atomic E-state index is 13.1. The van der Waals surface area contributed by atoms with Gasteiger partial charge in [0.1, 0.15) is 0 Å². The number of alkyl halides is 3. The summed E-state index contributed by atoms with van der Waals surface area (Å²) in [6, 6.07) is 8.50. The Morgan fingerprint density at radius 3 is 2.30 bits per heavy atom. The topological polar surface area (TPSA) is 57.6 Å². The molecule has 4 nitrogen and oxygen atoms in total. The van der Waals surface area contributed by atoms with Gasteiger partial charge in [0.2, 0.25) is 5.91 Å². The molecule has 2 aromatic carbocycles. The third-order valence-electron chi connectivity index (χ3n) is 4.33. The predicted octanol–water partition coefficient (Wildman–Crippen LogP) is 4.29. The number of carbonyl (C=O) groups excluding carboxylic acids is 1. The van der Waals surface area contributed by atoms with Gasteiger partial charge in [-0.1, -0.05) is 24.3 Å². The average Bonchev–Trinajstić information content (AvgIpc) is 2.55. The number of carboxylic acid groups (broad SMARTS) is 1. The first kappa shape index (κ1) is 20.5. The van der Waals surface area contributed by atoms with Crippen molar-refractivity contribution < 1.29 is 27.9 Å². The number of carboxylic acids is 1. The lowest BCUT2D eigenvalue weighted by atomic mass is 9.92. The van der Waals surface area contributed by atoms with Gasteiger partial charge in [-0.3, -0.25) is 9.59 Å². The van der Waals surface area contributed by atoms with Gasteiger partial charge in [-0.25, -0.2) is 0 Å². The molecule has 2 rings (SSSR count). The van der Waals surface area contributed by atoms with E-state index in [1.165, 1.54) is 24.9 Å². The number of hydrogen-bond acceptors (Lipinski definition) is 2. The van der Waals surface area contributed by atoms with Crippen molar-refractivity contribution in [1.29, 1.82) is 0 Å². The molecule has 0 heterocycles. The quantitative estimate of drug-likeness (QED) is 0.843. The van der Waals surface area contributed by atoms with Gasteiger partial charge in [0.15, 0.2) is 0 Å². The van der Waals surface area contributed by atoms with E-state index in [-0.39, 0.29) is 18.9 Å². The number of hydrogen-bond donors (Lipinski definition) is 1. The number of amides is 1. The molecule has 7 heteroatoms. The van der Waals surface area contributed by atoms with Gasteiger partial charge >= 0.3 is 12.1 Å². The summed E-state index contributed by atoms with van der Waals surface area (Å²) in [5, 5.41) is 8.99. The van der Waals surface area contributed by atoms with Crippen LogP contribution in [0.15, 0.2) is 36.4 Å². The van der Waals surface area contributed by atoms with Gasteiger partial charge < -0.3 is 10.0 Å². The summed E-state index contributed by atoms with van der Waals surface area (Å²) in [6.45, 7) is 3.15. The Kier molecular flexibility index (Phi) is 5.93. The summed E-state index contributed by atoms with van der Waals surface area (Å²) in [7, 11) is 1.51. The van der Waals surface area contributed by atoms with Gasteiger partial charge in [0.05, 0.1) is 12.0 Å². The van der Waals surface area contributed by atoms with Crippen LogP contribution in [0.3, 0.4) is 0 Å². The zero-order valence-electron chi connectivity index (χ0n) is 15.2. The van der Waals surface area contributed by atoms with Crippen LogP contribution in [0.4, 0.5) is 13.2 Å². The number of rotatable bonds is 5. The van der Waals surface area contributed by atoms with Crippen molar-refractivity contribution in [3.05, 3.63) is 58.7 Å². The first-order valence-electron chi connectivity index (χ1n) is 8.22. The summed E-state index contributed by atoms with van der Waals surface area (Å²) in [6.07, 6.45) is -4.68. The Hall–Kier alpha value is -2.83. The van der Waals surface area contributed by atoms with E-state index in [4.69, 9.17) is 5.11 Å². The van der Waals surface area contributed by atoms with E-state index >= 15 is 0 Å². The van der Waals surface area contributed by atoms with E-state index < -0.39 is 17.7 Å². The minimum Gasteiger partial charge on any atom is -0.481 e. The van der Waals surface area contributed by atoms with E-state index in [0.29, 0.717) is 22.3 Å². The highest BCUT2D eigenvalue weighted by atomic mass is 19.4. The molecule has 2 aromatic rings. The van der Waals surface area contributed by atoms with E-state index in [1.807, 2.05) is 0 Å². The molecule has 0 fully saturated rings. The Balaban J connectivity index is 2.61. The number of carbonyl (C=O) groups is 2. The summed E-state index contributed by atoms with van der Waals surface area (Å²) in [4.78, 5) is 23.9. The number of benzene rings is 2. The molecular formula is C20H20F3NO3. The van der Waals surface area contributed by atoms with Gasteiger partial charge in [0, 0.05) is 20.5 Å². The first-order valence-corrected chi connectivity index (χ1v) is 8.22. The highest BCUT2D eigenvalue weighted by molar-refractivity contribution is 5.76. The highest BCUT2D eigenvalue weighted by Crippen LogP contribution is 2.35. The van der Waals surface area contributed by atoms with Crippen LogP contribution in [0.1, 0.15) is 29.2 Å². The molecule has 0 aliphatic rings. The predicted molar refractivity (Wildman–Crippen MR) is 95.1 cm³/mol. The van der Waals surface area contributed by atoms with Gasteiger partial charge in [0.25, 0.3) is 0 Å². The summed E-state index contributed by atoms with van der Waals surface area (Å²) in [5.41, 5.74) is 2.09. The second kappa shape index (κ2) is 7.82. The van der Waals surface area contributed by atoms with Crippen LogP contribution >= 0.6 is 0 Å². The molecule has 0 spiro atoms. The minimum atomic E-state index is -4.50. The van der Waals surface area contributed by atoms with Crippen molar-refractivity contribution in [2.45, 2.75) is 33.0 Å². The molecule has 0 unspecified atom stereocenters. The Morgan fingerprint density at radius 2 is 1.74 bits per heavy atom. The lowest BCUT2D eigenvalue weighted by Gasteiger charge is -2.20. The average molecular weight is 379 g/mol. The fourth-order valence-electron chi connectivity index (χ4n) is 2.77. The Morgan fingerprint density at radius 1 is 1.07 bits per heavy atom. The molecule has 27 heavy (non-hydrogen) atoms. The van der Waals surface area contributed by atoms with E-state index in [0.717, 1.165) is 17.7 Å². The molecule has 0 aliphatic carbocycles. The second-order valence-corrected chi connectivity index (χ2v) is 6.46. The van der Waals surface area contributed by atoms with Crippen molar-refractivity contribution in [3.63, 3.8) is 0 Å². The van der Waals surface area contributed by atoms with Gasteiger partial charge in [-0.2, -0.15) is 13.2 Å². The number of halogens is 3. The van der Waals surface area contributed by atoms with Gasteiger partial charge in [-0.05, 0) is 46.9 Å². The summed E-state index contributed by atoms with van der Waals surface area (Å²) < 4.78 is 39.4. The molecule has 0 radical (unpaired) electrons. The summed E-state index contributed by atoms with van der Waals surface area (Å²) in [5.74, 6) is -1.26. The number of nitrogens with zero attached hydrogens (tertiary/aromatic N) is 1. The molecule has 144 valence electrons. The maximum absolute atomic E-state index is 13.1. The van der Waals surface area contributed by atoms with E-state index in [2.05, 4.69) is 0 Å². The normalized spacial score (nSPS) is 11.3. The molecule has 0 bridgehead atoms. The second-order valence-electron chi connectivity index (χ2n) is 6.46. The molecule has 0 aliphatic heterocycles. The van der Waals surface area contributed by atoms with Crippen molar-refractivity contribution >= 4 is 11.9 Å². The van der Waals surface area contributed by atoms with Crippen LogP contribution in [-0.4, -0.2) is 28.9 Å². The fraction of sp³-hybridized carbons (Fsp3) is 0.300. The van der Waals surface area contributed by atoms with Crippen molar-refractivity contribution in [1.82, 2.24) is 4.90 Å². The number of aliphatic carboxylic acids is 1. The SMILES string of the molecule is CC(=O)N(C)Cc1cc(C(F)(F)F)ccc1-c1cc(CC(=O)O)ccc1C. The van der Waals surface area contributed by atoms with Crippen LogP contribution in [0.5, 0.6) is 0 Å². The lowest BCUT2D eigenvalue weighted by molar-refractivity contribution is -0.138. The highest BCUT2D eigenvalue weighted by Gasteiger charge is 2.31. The fourth-order valence-corrected chi connectivity index (χ4v) is 2.77. The van der Waals surface area contributed by atoms with E-state index in [9.17, 15) is 22.8 Å². The smallest absolute Gasteiger partial charge is 0.416 e. The molecule has 0 atom stereocenters. The summed E-state index contributed by atoms with van der Waals surface area (Å²) >= 11 is 0. The molecule has 1 N–H and O–H groups in total. The van der Waals surface area contributed by atoms with Crippen LogP contribution in [0.2, 0.25) is 0 Å². The van der Waals surface area contributed by atoms with Crippen molar-refractivity contribution in [2.75, 3.05) is 7.05 Å². The lowest BCUT2D eigenvalue weighted by Crippen LogP contribution is -2.23. The maximum Gasteiger partial charge on any atom is 0.416 e. The van der Waals surface area contributed by atoms with E-state index in [1.54, 1.807) is 25.1 Å². The van der Waals surface area contributed by atoms with Crippen molar-refractivity contribution in [2.24, 2.45) is 0 Å². The Bertz CT molecular complexity index is 875. The number of aryl methyl sites for hydroxylation is 1. The molecule has 0 aromatic heterocycles. The monoisotopic (exact) mass is 379 g/mol. The minimum absolute atomic E-state index is 0.0111. The Labute approximate surface area is 155 Å². The largest absolute Gasteiger partial charge is 0.481 e. The molecule has 1 amide bonds. The van der Waals surface area contributed by atoms with Crippen LogP contribution in [0, 0.1) is 6.92 Å². The van der Waals surface area contributed by atoms with Crippen LogP contribution in [-0.2, 0) is 28.7 Å². The molecule has 0 saturated carbocycles. The third-order valence-corrected chi connectivity index (χ3v) is 4.33. The first-order chi connectivity index (χ1) is 12.5. The van der Waals surface area contributed by atoms with Crippen molar-refractivity contribution in [3.8, 4) is 11.1 Å². The van der Waals surface area contributed by atoms with Crippen LogP contribution < -0.4 is 0 Å². The zero-order chi connectivity index (χ0) is 20.4. The third kappa shape index (κ3) is 5.09. The molecule has 0 saturated heterocycles. The zero-order valence-corrected chi connectivity index (χ0v) is 15.2. The van der Waals surface area contributed by atoms with Crippen LogP contribution in [0.25, 0.3) is 11.1 Å². The molecular weight excluding hydrogens is 359 g/mol. The standard InChI is InChI=1S/C20H20F3NO3/c1-12-4-5-14(9-19(26)27)8-18(12)17-7-6-16(20(21,22)23)10-15(17)11-24(3)13(2)25/h4-8,10H,9,11H2,1-3H3,(H,26,27). The van der Waals surface area contributed by atoms with Gasteiger partial charge in [-0.15, -0.1) is 0 Å².